The van der Waals surface area contributed by atoms with E-state index in [9.17, 15) is 14.9 Å². The molecule has 0 N–H and O–H groups in total. The molecule has 0 saturated carbocycles. The average Bonchev–Trinajstić information content (AvgIpc) is 3.20. The van der Waals surface area contributed by atoms with Crippen molar-refractivity contribution in [1.29, 1.82) is 0 Å². The van der Waals surface area contributed by atoms with Crippen LogP contribution in [0.3, 0.4) is 0 Å². The fourth-order valence-electron chi connectivity index (χ4n) is 3.26. The smallest absolute Gasteiger partial charge is 0.363 e. The Balaban J connectivity index is 1.60. The Bertz CT molecular complexity index is 1350. The summed E-state index contributed by atoms with van der Waals surface area (Å²) in [6.45, 7) is 2.67. The molecule has 3 aromatic carbocycles. The van der Waals surface area contributed by atoms with E-state index < -0.39 is 10.9 Å². The van der Waals surface area contributed by atoms with Gasteiger partial charge >= 0.3 is 5.97 Å². The first kappa shape index (κ1) is 24.9. The predicted molar refractivity (Wildman–Crippen MR) is 143 cm³/mol. The fraction of sp³-hybridized carbons (Fsp3) is 0.120. The van der Waals surface area contributed by atoms with Crippen LogP contribution in [0, 0.1) is 13.7 Å². The average molecular weight is 649 g/mol. The summed E-state index contributed by atoms with van der Waals surface area (Å²) in [6, 6.07) is 17.1. The Labute approximate surface area is 223 Å². The molecular weight excluding hydrogens is 631 g/mol. The molecule has 0 aromatic heterocycles. The molecule has 3 aromatic rings. The van der Waals surface area contributed by atoms with E-state index in [0.29, 0.717) is 35.8 Å². The molecule has 1 aliphatic heterocycles. The van der Waals surface area contributed by atoms with Crippen LogP contribution in [0.4, 0.5) is 5.69 Å². The number of non-ortho nitro benzene ring substituents is 1. The minimum absolute atomic E-state index is 0.0607. The van der Waals surface area contributed by atoms with E-state index in [-0.39, 0.29) is 17.3 Å². The third-order valence-corrected chi connectivity index (χ3v) is 6.49. The lowest BCUT2D eigenvalue weighted by Crippen LogP contribution is -2.05. The topological polar surface area (TPSA) is 100 Å². The number of nitrogens with zero attached hydrogens (tertiary/aromatic N) is 2. The van der Waals surface area contributed by atoms with E-state index in [0.717, 1.165) is 13.6 Å². The summed E-state index contributed by atoms with van der Waals surface area (Å²) in [6.07, 6.45) is 1.60. The number of hydrogen-bond donors (Lipinski definition) is 0. The number of benzene rings is 3. The second kappa shape index (κ2) is 11.0. The lowest BCUT2D eigenvalue weighted by Gasteiger charge is -2.15. The molecule has 0 unspecified atom stereocenters. The van der Waals surface area contributed by atoms with Crippen molar-refractivity contribution in [2.45, 2.75) is 13.5 Å². The quantitative estimate of drug-likeness (QED) is 0.0937. The maximum absolute atomic E-state index is 12.4. The molecule has 0 radical (unpaired) electrons. The summed E-state index contributed by atoms with van der Waals surface area (Å²) in [5.41, 5.74) is 2.20. The van der Waals surface area contributed by atoms with Crippen LogP contribution >= 0.6 is 38.5 Å². The number of cyclic esters (lactones) is 1. The number of aliphatic imine (C=N–C) groups is 1. The zero-order valence-electron chi connectivity index (χ0n) is 18.4. The molecule has 0 atom stereocenters. The Morgan fingerprint density at radius 1 is 1.14 bits per heavy atom. The highest BCUT2D eigenvalue weighted by molar-refractivity contribution is 14.1. The number of carbonyl (C=O) groups is 1. The molecule has 0 saturated heterocycles. The van der Waals surface area contributed by atoms with Crippen LogP contribution in [-0.4, -0.2) is 23.4 Å². The maximum Gasteiger partial charge on any atom is 0.363 e. The van der Waals surface area contributed by atoms with Crippen molar-refractivity contribution in [2.75, 3.05) is 6.61 Å². The molecule has 0 fully saturated rings. The molecular formula is C25H18BrIN2O6. The molecule has 0 amide bonds. The fourth-order valence-corrected chi connectivity index (χ4v) is 4.44. The van der Waals surface area contributed by atoms with Gasteiger partial charge in [-0.1, -0.05) is 34.1 Å². The van der Waals surface area contributed by atoms with Crippen LogP contribution < -0.4 is 9.47 Å². The Morgan fingerprint density at radius 3 is 2.57 bits per heavy atom. The first-order valence-electron chi connectivity index (χ1n) is 10.5. The lowest BCUT2D eigenvalue weighted by molar-refractivity contribution is -0.384. The molecule has 1 aliphatic rings. The molecule has 1 heterocycles. The number of esters is 1. The predicted octanol–water partition coefficient (Wildman–Crippen LogP) is 6.28. The van der Waals surface area contributed by atoms with E-state index in [2.05, 4.69) is 43.5 Å². The van der Waals surface area contributed by atoms with E-state index in [1.54, 1.807) is 12.1 Å². The van der Waals surface area contributed by atoms with Crippen LogP contribution in [-0.2, 0) is 16.1 Å². The minimum atomic E-state index is -0.611. The third kappa shape index (κ3) is 5.88. The van der Waals surface area contributed by atoms with Crippen LogP contribution in [0.15, 0.2) is 75.8 Å². The largest absolute Gasteiger partial charge is 0.490 e. The van der Waals surface area contributed by atoms with Gasteiger partial charge in [-0.25, -0.2) is 9.79 Å². The van der Waals surface area contributed by atoms with Crippen molar-refractivity contribution >= 4 is 62.2 Å². The number of hydrogen-bond acceptors (Lipinski definition) is 7. The molecule has 0 aliphatic carbocycles. The summed E-state index contributed by atoms with van der Waals surface area (Å²) in [5.74, 6) is 0.628. The van der Waals surface area contributed by atoms with Crippen molar-refractivity contribution in [1.82, 2.24) is 0 Å². The van der Waals surface area contributed by atoms with Gasteiger partial charge < -0.3 is 14.2 Å². The minimum Gasteiger partial charge on any atom is -0.490 e. The number of nitro groups is 1. The number of carbonyl (C=O) groups excluding carboxylic acids is 1. The summed E-state index contributed by atoms with van der Waals surface area (Å²) in [5, 5.41) is 10.9. The highest BCUT2D eigenvalue weighted by Crippen LogP contribution is 2.36. The first-order chi connectivity index (χ1) is 16.9. The highest BCUT2D eigenvalue weighted by Gasteiger charge is 2.25. The van der Waals surface area contributed by atoms with Gasteiger partial charge in [0, 0.05) is 27.7 Å². The molecule has 8 nitrogen and oxygen atoms in total. The molecule has 10 heteroatoms. The maximum atomic E-state index is 12.4. The standard InChI is InChI=1S/C25H18BrIN2O6/c1-2-33-22-13-15(11-20(27)23(22)34-14-17-5-3-4-6-19(17)26)12-21-25(30)35-24(28-21)16-7-9-18(10-8-16)29(31)32/h3-13H,2,14H2,1H3/b21-12-. The lowest BCUT2D eigenvalue weighted by atomic mass is 10.1. The van der Waals surface area contributed by atoms with Gasteiger partial charge in [-0.05, 0) is 71.5 Å². The van der Waals surface area contributed by atoms with Gasteiger partial charge in [-0.2, -0.15) is 0 Å². The van der Waals surface area contributed by atoms with Crippen molar-refractivity contribution < 1.29 is 23.9 Å². The van der Waals surface area contributed by atoms with Crippen molar-refractivity contribution in [3.63, 3.8) is 0 Å². The SMILES string of the molecule is CCOc1cc(/C=C2\N=C(c3ccc([N+](=O)[O-])cc3)OC2=O)cc(I)c1OCc1ccccc1Br. The zero-order chi connectivity index (χ0) is 24.9. The zero-order valence-corrected chi connectivity index (χ0v) is 22.1. The van der Waals surface area contributed by atoms with Gasteiger partial charge in [-0.3, -0.25) is 10.1 Å². The Kier molecular flexibility index (Phi) is 7.81. The monoisotopic (exact) mass is 648 g/mol. The van der Waals surface area contributed by atoms with Gasteiger partial charge in [-0.15, -0.1) is 0 Å². The third-order valence-electron chi connectivity index (χ3n) is 4.91. The summed E-state index contributed by atoms with van der Waals surface area (Å²) < 4.78 is 18.9. The van der Waals surface area contributed by atoms with Crippen molar-refractivity contribution in [3.05, 3.63) is 101 Å². The number of nitro benzene ring substituents is 1. The van der Waals surface area contributed by atoms with Gasteiger partial charge in [0.2, 0.25) is 5.90 Å². The molecule has 4 rings (SSSR count). The Morgan fingerprint density at radius 2 is 1.89 bits per heavy atom. The van der Waals surface area contributed by atoms with Gasteiger partial charge in [0.05, 0.1) is 15.1 Å². The van der Waals surface area contributed by atoms with Crippen LogP contribution in [0.25, 0.3) is 6.08 Å². The normalized spacial score (nSPS) is 14.0. The van der Waals surface area contributed by atoms with Crippen LogP contribution in [0.2, 0.25) is 0 Å². The first-order valence-corrected chi connectivity index (χ1v) is 12.3. The van der Waals surface area contributed by atoms with Crippen LogP contribution in [0.1, 0.15) is 23.6 Å². The van der Waals surface area contributed by atoms with Crippen molar-refractivity contribution in [3.8, 4) is 11.5 Å². The summed E-state index contributed by atoms with van der Waals surface area (Å²) in [7, 11) is 0. The highest BCUT2D eigenvalue weighted by atomic mass is 127. The number of ether oxygens (including phenoxy) is 3. The van der Waals surface area contributed by atoms with E-state index in [4.69, 9.17) is 14.2 Å². The van der Waals surface area contributed by atoms with Gasteiger partial charge in [0.25, 0.3) is 5.69 Å². The molecule has 178 valence electrons. The second-order valence-electron chi connectivity index (χ2n) is 7.28. The second-order valence-corrected chi connectivity index (χ2v) is 9.30. The number of rotatable bonds is 8. The van der Waals surface area contributed by atoms with E-state index in [1.165, 1.54) is 24.3 Å². The summed E-state index contributed by atoms with van der Waals surface area (Å²) in [4.78, 5) is 27.0. The molecule has 35 heavy (non-hydrogen) atoms. The van der Waals surface area contributed by atoms with Gasteiger partial charge in [0.1, 0.15) is 6.61 Å². The Hall–Kier alpha value is -3.25. The molecule has 0 bridgehead atoms. The molecule has 0 spiro atoms. The van der Waals surface area contributed by atoms with Gasteiger partial charge in [0.15, 0.2) is 17.2 Å². The van der Waals surface area contributed by atoms with Crippen molar-refractivity contribution in [2.24, 2.45) is 4.99 Å². The van der Waals surface area contributed by atoms with E-state index in [1.807, 2.05) is 37.3 Å². The summed E-state index contributed by atoms with van der Waals surface area (Å²) >= 11 is 5.69. The number of halogens is 2. The van der Waals surface area contributed by atoms with Crippen LogP contribution in [0.5, 0.6) is 11.5 Å². The van der Waals surface area contributed by atoms with E-state index >= 15 is 0 Å².